The third-order valence-corrected chi connectivity index (χ3v) is 2.89. The fraction of sp³-hybridized carbons (Fsp3) is 0.200. The first kappa shape index (κ1) is 16.6. The Bertz CT molecular complexity index is 716. The molecule has 1 aromatic heterocycles. The molecule has 0 saturated carbocycles. The van der Waals surface area contributed by atoms with Crippen molar-refractivity contribution >= 4 is 5.97 Å². The van der Waals surface area contributed by atoms with Crippen molar-refractivity contribution in [3.63, 3.8) is 0 Å². The minimum absolute atomic E-state index is 0.215. The molecule has 5 nitrogen and oxygen atoms in total. The number of carboxylic acids is 1. The van der Waals surface area contributed by atoms with Gasteiger partial charge in [-0.1, -0.05) is 12.1 Å². The first-order valence-corrected chi connectivity index (χ1v) is 6.39. The van der Waals surface area contributed by atoms with Crippen molar-refractivity contribution in [1.82, 2.24) is 4.98 Å². The lowest BCUT2D eigenvalue weighted by Gasteiger charge is -2.12. The topological polar surface area (TPSA) is 68.7 Å². The van der Waals surface area contributed by atoms with Gasteiger partial charge >= 0.3 is 12.3 Å². The second kappa shape index (κ2) is 6.55. The predicted octanol–water partition coefficient (Wildman–Crippen LogP) is 3.28. The SMILES string of the molecule is COc1cc(CC(=O)O)c(-c2cccc(OC(F)(F)F)c2)cn1. The van der Waals surface area contributed by atoms with Crippen LogP contribution in [0.25, 0.3) is 11.1 Å². The first-order chi connectivity index (χ1) is 10.8. The van der Waals surface area contributed by atoms with Crippen molar-refractivity contribution in [2.45, 2.75) is 12.8 Å². The van der Waals surface area contributed by atoms with E-state index in [2.05, 4.69) is 9.72 Å². The molecule has 1 N–H and O–H groups in total. The maximum atomic E-state index is 12.3. The van der Waals surface area contributed by atoms with E-state index in [4.69, 9.17) is 9.84 Å². The van der Waals surface area contributed by atoms with Gasteiger partial charge in [-0.15, -0.1) is 13.2 Å². The average molecular weight is 327 g/mol. The van der Waals surface area contributed by atoms with Gasteiger partial charge < -0.3 is 14.6 Å². The number of halogens is 3. The van der Waals surface area contributed by atoms with E-state index in [1.54, 1.807) is 0 Å². The monoisotopic (exact) mass is 327 g/mol. The Morgan fingerprint density at radius 3 is 2.65 bits per heavy atom. The Morgan fingerprint density at radius 1 is 1.30 bits per heavy atom. The van der Waals surface area contributed by atoms with Crippen molar-refractivity contribution in [2.24, 2.45) is 0 Å². The van der Waals surface area contributed by atoms with Crippen LogP contribution >= 0.6 is 0 Å². The third-order valence-electron chi connectivity index (χ3n) is 2.89. The molecule has 1 heterocycles. The molecule has 0 unspecified atom stereocenters. The van der Waals surface area contributed by atoms with Crippen molar-refractivity contribution in [2.75, 3.05) is 7.11 Å². The number of carbonyl (C=O) groups is 1. The van der Waals surface area contributed by atoms with Crippen LogP contribution < -0.4 is 9.47 Å². The summed E-state index contributed by atoms with van der Waals surface area (Å²) in [6.07, 6.45) is -3.77. The average Bonchev–Trinajstić information content (AvgIpc) is 2.45. The molecule has 0 radical (unpaired) electrons. The second-order valence-electron chi connectivity index (χ2n) is 4.53. The number of benzene rings is 1. The van der Waals surface area contributed by atoms with Crippen LogP contribution in [-0.4, -0.2) is 29.5 Å². The zero-order chi connectivity index (χ0) is 17.0. The highest BCUT2D eigenvalue weighted by Crippen LogP contribution is 2.31. The molecule has 23 heavy (non-hydrogen) atoms. The summed E-state index contributed by atoms with van der Waals surface area (Å²) in [6.45, 7) is 0. The number of hydrogen-bond acceptors (Lipinski definition) is 4. The first-order valence-electron chi connectivity index (χ1n) is 6.39. The van der Waals surface area contributed by atoms with Crippen LogP contribution in [0.4, 0.5) is 13.2 Å². The number of nitrogens with zero attached hydrogens (tertiary/aromatic N) is 1. The third kappa shape index (κ3) is 4.60. The van der Waals surface area contributed by atoms with E-state index in [1.165, 1.54) is 37.6 Å². The largest absolute Gasteiger partial charge is 0.573 e. The molecule has 0 saturated heterocycles. The molecule has 0 amide bonds. The molecular weight excluding hydrogens is 315 g/mol. The summed E-state index contributed by atoms with van der Waals surface area (Å²) >= 11 is 0. The van der Waals surface area contributed by atoms with E-state index in [0.717, 1.165) is 6.07 Å². The van der Waals surface area contributed by atoms with Gasteiger partial charge in [0.2, 0.25) is 5.88 Å². The molecule has 0 aliphatic heterocycles. The van der Waals surface area contributed by atoms with Crippen molar-refractivity contribution in [1.29, 1.82) is 0 Å². The number of pyridine rings is 1. The molecule has 0 aliphatic rings. The molecule has 2 aromatic rings. The Kier molecular flexibility index (Phi) is 4.73. The van der Waals surface area contributed by atoms with Gasteiger partial charge in [-0.25, -0.2) is 4.98 Å². The van der Waals surface area contributed by atoms with Crippen LogP contribution in [0.3, 0.4) is 0 Å². The second-order valence-corrected chi connectivity index (χ2v) is 4.53. The molecule has 1 aromatic carbocycles. The maximum Gasteiger partial charge on any atom is 0.573 e. The number of ether oxygens (including phenoxy) is 2. The van der Waals surface area contributed by atoms with E-state index in [9.17, 15) is 18.0 Å². The van der Waals surface area contributed by atoms with Gasteiger partial charge in [-0.05, 0) is 23.3 Å². The Hall–Kier alpha value is -2.77. The number of alkyl halides is 3. The summed E-state index contributed by atoms with van der Waals surface area (Å²) in [5.41, 5.74) is 1.12. The Labute approximate surface area is 129 Å². The van der Waals surface area contributed by atoms with Crippen LogP contribution in [0.5, 0.6) is 11.6 Å². The van der Waals surface area contributed by atoms with Crippen LogP contribution in [0.15, 0.2) is 36.5 Å². The molecule has 122 valence electrons. The van der Waals surface area contributed by atoms with E-state index in [0.29, 0.717) is 16.7 Å². The molecule has 0 spiro atoms. The summed E-state index contributed by atoms with van der Waals surface area (Å²) in [5, 5.41) is 8.97. The minimum Gasteiger partial charge on any atom is -0.481 e. The normalized spacial score (nSPS) is 11.1. The van der Waals surface area contributed by atoms with Gasteiger partial charge in [0.25, 0.3) is 0 Å². The van der Waals surface area contributed by atoms with Crippen LogP contribution in [0.1, 0.15) is 5.56 Å². The van der Waals surface area contributed by atoms with Gasteiger partial charge in [0.15, 0.2) is 0 Å². The van der Waals surface area contributed by atoms with E-state index < -0.39 is 18.1 Å². The van der Waals surface area contributed by atoms with E-state index in [1.807, 2.05) is 0 Å². The van der Waals surface area contributed by atoms with Crippen molar-refractivity contribution in [3.8, 4) is 22.8 Å². The molecule has 8 heteroatoms. The van der Waals surface area contributed by atoms with Crippen molar-refractivity contribution < 1.29 is 32.5 Å². The van der Waals surface area contributed by atoms with Gasteiger partial charge in [0.05, 0.1) is 13.5 Å². The number of carboxylic acid groups (broad SMARTS) is 1. The number of methoxy groups -OCH3 is 1. The standard InChI is InChI=1S/C15H12F3NO4/c1-22-13-6-10(7-14(20)21)12(8-19-13)9-3-2-4-11(5-9)23-15(16,17)18/h2-6,8H,7H2,1H3,(H,20,21). The Balaban J connectivity index is 2.44. The predicted molar refractivity (Wildman–Crippen MR) is 74.2 cm³/mol. The Morgan fingerprint density at radius 2 is 2.04 bits per heavy atom. The van der Waals surface area contributed by atoms with Crippen molar-refractivity contribution in [3.05, 3.63) is 42.1 Å². The quantitative estimate of drug-likeness (QED) is 0.913. The molecule has 0 fully saturated rings. The van der Waals surface area contributed by atoms with Gasteiger partial charge in [-0.2, -0.15) is 0 Å². The lowest BCUT2D eigenvalue weighted by Crippen LogP contribution is -2.17. The maximum absolute atomic E-state index is 12.3. The van der Waals surface area contributed by atoms with Crippen LogP contribution in [0.2, 0.25) is 0 Å². The fourth-order valence-corrected chi connectivity index (χ4v) is 2.02. The summed E-state index contributed by atoms with van der Waals surface area (Å²) < 4.78 is 45.7. The van der Waals surface area contributed by atoms with E-state index in [-0.39, 0.29) is 12.3 Å². The molecule has 0 bridgehead atoms. The summed E-state index contributed by atoms with van der Waals surface area (Å²) in [4.78, 5) is 14.9. The fourth-order valence-electron chi connectivity index (χ4n) is 2.02. The van der Waals surface area contributed by atoms with Gasteiger partial charge in [0.1, 0.15) is 5.75 Å². The molecule has 2 rings (SSSR count). The lowest BCUT2D eigenvalue weighted by molar-refractivity contribution is -0.274. The molecule has 0 aliphatic carbocycles. The highest BCUT2D eigenvalue weighted by atomic mass is 19.4. The summed E-state index contributed by atoms with van der Waals surface area (Å²) in [7, 11) is 1.38. The summed E-state index contributed by atoms with van der Waals surface area (Å²) in [5.74, 6) is -1.26. The molecular formula is C15H12F3NO4. The number of hydrogen-bond donors (Lipinski definition) is 1. The smallest absolute Gasteiger partial charge is 0.481 e. The number of rotatable bonds is 5. The lowest BCUT2D eigenvalue weighted by atomic mass is 9.99. The summed E-state index contributed by atoms with van der Waals surface area (Å²) in [6, 6.07) is 6.68. The highest BCUT2D eigenvalue weighted by Gasteiger charge is 2.31. The zero-order valence-corrected chi connectivity index (χ0v) is 11.9. The van der Waals surface area contributed by atoms with Gasteiger partial charge in [0, 0.05) is 17.8 Å². The molecule has 0 atom stereocenters. The van der Waals surface area contributed by atoms with Crippen LogP contribution in [-0.2, 0) is 11.2 Å². The van der Waals surface area contributed by atoms with Gasteiger partial charge in [-0.3, -0.25) is 4.79 Å². The number of aromatic nitrogens is 1. The van der Waals surface area contributed by atoms with E-state index >= 15 is 0 Å². The zero-order valence-electron chi connectivity index (χ0n) is 11.9. The minimum atomic E-state index is -4.80. The highest BCUT2D eigenvalue weighted by molar-refractivity contribution is 5.77. The van der Waals surface area contributed by atoms with Crippen LogP contribution in [0, 0.1) is 0 Å². The number of aliphatic carboxylic acids is 1.